The lowest BCUT2D eigenvalue weighted by Crippen LogP contribution is -2.21. The number of ether oxygens (including phenoxy) is 2. The minimum atomic E-state index is -0.340. The number of furan rings is 1. The number of amides is 1. The number of nitrogens with one attached hydrogen (secondary N) is 1. The number of para-hydroxylation sites is 3. The van der Waals surface area contributed by atoms with Gasteiger partial charge in [0.1, 0.15) is 5.58 Å². The Hall–Kier alpha value is -5.96. The van der Waals surface area contributed by atoms with Crippen molar-refractivity contribution >= 4 is 39.7 Å². The summed E-state index contributed by atoms with van der Waals surface area (Å²) in [5.74, 6) is 1.25. The molecule has 2 aromatic heterocycles. The Kier molecular flexibility index (Phi) is 8.50. The van der Waals surface area contributed by atoms with Crippen LogP contribution in [-0.4, -0.2) is 35.0 Å². The zero-order valence-electron chi connectivity index (χ0n) is 24.6. The summed E-state index contributed by atoms with van der Waals surface area (Å²) in [5, 5.41) is 8.72. The molecular weight excluding hydrogens is 568 g/mol. The van der Waals surface area contributed by atoms with Crippen molar-refractivity contribution in [3.8, 4) is 23.1 Å². The fourth-order valence-corrected chi connectivity index (χ4v) is 4.95. The molecule has 0 bridgehead atoms. The molecule has 0 spiro atoms. The van der Waals surface area contributed by atoms with Crippen LogP contribution in [0, 0.1) is 0 Å². The molecule has 0 saturated carbocycles. The average molecular weight is 599 g/mol. The second-order valence-corrected chi connectivity index (χ2v) is 10.1. The Bertz CT molecular complexity index is 2060. The highest BCUT2D eigenvalue weighted by Gasteiger charge is 2.18. The lowest BCUT2D eigenvalue weighted by molar-refractivity contribution is -0.118. The first-order valence-corrected chi connectivity index (χ1v) is 14.5. The van der Waals surface area contributed by atoms with E-state index in [1.54, 1.807) is 48.7 Å². The molecule has 0 unspecified atom stereocenters. The summed E-state index contributed by atoms with van der Waals surface area (Å²) < 4.78 is 19.2. The van der Waals surface area contributed by atoms with Gasteiger partial charge in [-0.3, -0.25) is 9.59 Å². The monoisotopic (exact) mass is 598 g/mol. The van der Waals surface area contributed by atoms with E-state index >= 15 is 0 Å². The quantitative estimate of drug-likeness (QED) is 0.129. The van der Waals surface area contributed by atoms with Gasteiger partial charge in [0.2, 0.25) is 5.82 Å². The van der Waals surface area contributed by atoms with E-state index in [1.807, 2.05) is 67.6 Å². The molecule has 0 fully saturated rings. The van der Waals surface area contributed by atoms with Crippen molar-refractivity contribution in [3.05, 3.63) is 131 Å². The summed E-state index contributed by atoms with van der Waals surface area (Å²) in [5.41, 5.74) is 2.93. The Morgan fingerprint density at radius 2 is 1.78 bits per heavy atom. The third-order valence-electron chi connectivity index (χ3n) is 6.95. The van der Waals surface area contributed by atoms with E-state index in [1.165, 1.54) is 4.68 Å². The lowest BCUT2D eigenvalue weighted by atomic mass is 10.1. The third kappa shape index (κ3) is 6.37. The van der Waals surface area contributed by atoms with Gasteiger partial charge in [-0.2, -0.15) is 9.78 Å². The van der Waals surface area contributed by atoms with Crippen LogP contribution in [0.15, 0.2) is 124 Å². The summed E-state index contributed by atoms with van der Waals surface area (Å²) in [6.45, 7) is 5.89. The summed E-state index contributed by atoms with van der Waals surface area (Å²) >= 11 is 0. The van der Waals surface area contributed by atoms with Gasteiger partial charge in [0.25, 0.3) is 11.5 Å². The number of nitrogens with zero attached hydrogens (tertiary/aromatic N) is 3. The average Bonchev–Trinajstić information content (AvgIpc) is 3.49. The maximum absolute atomic E-state index is 13.7. The molecule has 6 aromatic rings. The molecule has 0 radical (unpaired) electrons. The third-order valence-corrected chi connectivity index (χ3v) is 6.95. The van der Waals surface area contributed by atoms with E-state index in [2.05, 4.69) is 17.0 Å². The van der Waals surface area contributed by atoms with Crippen molar-refractivity contribution in [1.29, 1.82) is 0 Å². The molecule has 0 saturated heterocycles. The van der Waals surface area contributed by atoms with Gasteiger partial charge in [-0.05, 0) is 67.4 Å². The van der Waals surface area contributed by atoms with Gasteiger partial charge in [0.15, 0.2) is 23.9 Å². The van der Waals surface area contributed by atoms with Crippen LogP contribution >= 0.6 is 0 Å². The smallest absolute Gasteiger partial charge is 0.282 e. The zero-order chi connectivity index (χ0) is 31.2. The number of fused-ring (bicyclic) bond motifs is 2. The van der Waals surface area contributed by atoms with Crippen LogP contribution in [0.2, 0.25) is 0 Å². The van der Waals surface area contributed by atoms with Crippen LogP contribution in [0.5, 0.6) is 11.5 Å². The van der Waals surface area contributed by atoms with Crippen molar-refractivity contribution < 1.29 is 18.7 Å². The number of hydrogen-bond acceptors (Lipinski definition) is 7. The standard InChI is InChI=1S/C36H30N4O5/c1-3-12-26-19-24(20-31(43-4-2)34(26)44-23-33(41)38-27-14-6-5-7-15-27)22-37-40-35(32-21-25-13-8-11-18-30(25)45-32)39-29-17-10-9-16-28(29)36(40)42/h3,5-11,13-22H,1,4,12,23H2,2H3,(H,38,41). The summed E-state index contributed by atoms with van der Waals surface area (Å²) in [4.78, 5) is 31.1. The van der Waals surface area contributed by atoms with Crippen molar-refractivity contribution in [1.82, 2.24) is 9.66 Å². The number of benzene rings is 4. The minimum Gasteiger partial charge on any atom is -0.490 e. The van der Waals surface area contributed by atoms with Crippen LogP contribution in [0.1, 0.15) is 18.1 Å². The number of hydrogen-bond donors (Lipinski definition) is 1. The molecule has 0 atom stereocenters. The van der Waals surface area contributed by atoms with Gasteiger partial charge in [-0.15, -0.1) is 6.58 Å². The van der Waals surface area contributed by atoms with Gasteiger partial charge >= 0.3 is 0 Å². The first kappa shape index (κ1) is 29.1. The molecule has 0 aliphatic carbocycles. The Morgan fingerprint density at radius 1 is 1.00 bits per heavy atom. The highest BCUT2D eigenvalue weighted by atomic mass is 16.5. The molecule has 0 aliphatic heterocycles. The molecule has 0 aliphatic rings. The fraction of sp³-hybridized carbons (Fsp3) is 0.111. The summed E-state index contributed by atoms with van der Waals surface area (Å²) in [6, 6.07) is 29.3. The molecular formula is C36H30N4O5. The number of allylic oxidation sites excluding steroid dienone is 1. The topological polar surface area (TPSA) is 108 Å². The first-order chi connectivity index (χ1) is 22.0. The van der Waals surface area contributed by atoms with Gasteiger partial charge in [0.05, 0.1) is 23.7 Å². The van der Waals surface area contributed by atoms with Crippen LogP contribution in [0.25, 0.3) is 33.5 Å². The Morgan fingerprint density at radius 3 is 2.58 bits per heavy atom. The highest BCUT2D eigenvalue weighted by Crippen LogP contribution is 2.34. The number of aromatic nitrogens is 2. The van der Waals surface area contributed by atoms with Gasteiger partial charge < -0.3 is 19.2 Å². The van der Waals surface area contributed by atoms with E-state index in [9.17, 15) is 9.59 Å². The molecule has 4 aromatic carbocycles. The molecule has 224 valence electrons. The van der Waals surface area contributed by atoms with E-state index in [0.29, 0.717) is 58.0 Å². The van der Waals surface area contributed by atoms with Gasteiger partial charge in [-0.25, -0.2) is 4.98 Å². The van der Waals surface area contributed by atoms with E-state index < -0.39 is 0 Å². The normalized spacial score (nSPS) is 11.2. The maximum atomic E-state index is 13.7. The first-order valence-electron chi connectivity index (χ1n) is 14.5. The minimum absolute atomic E-state index is 0.217. The number of rotatable bonds is 11. The van der Waals surface area contributed by atoms with Crippen molar-refractivity contribution in [3.63, 3.8) is 0 Å². The maximum Gasteiger partial charge on any atom is 0.282 e. The second-order valence-electron chi connectivity index (χ2n) is 10.1. The van der Waals surface area contributed by atoms with Crippen LogP contribution in [-0.2, 0) is 11.2 Å². The lowest BCUT2D eigenvalue weighted by Gasteiger charge is -2.16. The second kappa shape index (κ2) is 13.1. The predicted molar refractivity (Wildman–Crippen MR) is 176 cm³/mol. The predicted octanol–water partition coefficient (Wildman–Crippen LogP) is 6.84. The summed E-state index contributed by atoms with van der Waals surface area (Å²) in [6.07, 6.45) is 3.74. The zero-order valence-corrected chi connectivity index (χ0v) is 24.6. The number of anilines is 1. The van der Waals surface area contributed by atoms with E-state index in [-0.39, 0.29) is 23.9 Å². The number of carbonyl (C=O) groups excluding carboxylic acids is 1. The molecule has 2 heterocycles. The Balaban J connectivity index is 1.37. The van der Waals surface area contributed by atoms with Crippen LogP contribution in [0.3, 0.4) is 0 Å². The number of carbonyl (C=O) groups is 1. The van der Waals surface area contributed by atoms with Crippen LogP contribution < -0.4 is 20.3 Å². The Labute approximate surface area is 259 Å². The molecule has 9 heteroatoms. The molecule has 9 nitrogen and oxygen atoms in total. The van der Waals surface area contributed by atoms with Crippen LogP contribution in [0.4, 0.5) is 5.69 Å². The van der Waals surface area contributed by atoms with Crippen molar-refractivity contribution in [2.45, 2.75) is 13.3 Å². The SMILES string of the molecule is C=CCc1cc(C=Nn2c(-c3cc4ccccc4o3)nc3ccccc3c2=O)cc(OCC)c1OCC(=O)Nc1ccccc1. The summed E-state index contributed by atoms with van der Waals surface area (Å²) in [7, 11) is 0. The highest BCUT2D eigenvalue weighted by molar-refractivity contribution is 5.92. The van der Waals surface area contributed by atoms with Gasteiger partial charge in [-0.1, -0.05) is 54.6 Å². The van der Waals surface area contributed by atoms with Gasteiger partial charge in [0, 0.05) is 16.6 Å². The van der Waals surface area contributed by atoms with Crippen molar-refractivity contribution in [2.24, 2.45) is 5.10 Å². The molecule has 1 N–H and O–H groups in total. The largest absolute Gasteiger partial charge is 0.490 e. The van der Waals surface area contributed by atoms with E-state index in [0.717, 1.165) is 10.9 Å². The molecule has 45 heavy (non-hydrogen) atoms. The van der Waals surface area contributed by atoms with E-state index in [4.69, 9.17) is 18.9 Å². The fourth-order valence-electron chi connectivity index (χ4n) is 4.95. The van der Waals surface area contributed by atoms with Crippen molar-refractivity contribution in [2.75, 3.05) is 18.5 Å². The molecule has 1 amide bonds. The molecule has 6 rings (SSSR count).